The van der Waals surface area contributed by atoms with E-state index in [-0.39, 0.29) is 29.1 Å². The molecule has 1 atom stereocenters. The van der Waals surface area contributed by atoms with Crippen LogP contribution in [0.5, 0.6) is 0 Å². The van der Waals surface area contributed by atoms with Crippen LogP contribution in [0.4, 0.5) is 20.7 Å². The highest BCUT2D eigenvalue weighted by Crippen LogP contribution is 2.26. The van der Waals surface area contributed by atoms with Crippen LogP contribution in [0.15, 0.2) is 30.6 Å². The first-order valence-corrected chi connectivity index (χ1v) is 10.6. The van der Waals surface area contributed by atoms with E-state index in [1.807, 2.05) is 0 Å². The van der Waals surface area contributed by atoms with Crippen LogP contribution in [-0.4, -0.2) is 62.2 Å². The first-order chi connectivity index (χ1) is 15.6. The van der Waals surface area contributed by atoms with Crippen LogP contribution in [0.3, 0.4) is 0 Å². The number of hydrogen-bond acceptors (Lipinski definition) is 6. The number of benzene rings is 1. The van der Waals surface area contributed by atoms with Crippen LogP contribution in [0.25, 0.3) is 17.0 Å². The van der Waals surface area contributed by atoms with E-state index in [0.29, 0.717) is 24.4 Å². The molecule has 166 valence electrons. The summed E-state index contributed by atoms with van der Waals surface area (Å²) in [6.45, 7) is 2.00. The molecule has 1 unspecified atom stereocenters. The van der Waals surface area contributed by atoms with Crippen LogP contribution in [-0.2, 0) is 9.53 Å². The molecule has 32 heavy (non-hydrogen) atoms. The Morgan fingerprint density at radius 2 is 2.00 bits per heavy atom. The molecule has 11 heteroatoms. The van der Waals surface area contributed by atoms with Gasteiger partial charge in [-0.25, -0.2) is 23.7 Å². The van der Waals surface area contributed by atoms with Crippen molar-refractivity contribution in [1.82, 2.24) is 24.5 Å². The monoisotopic (exact) mass is 439 g/mol. The third kappa shape index (κ3) is 4.11. The van der Waals surface area contributed by atoms with Crippen molar-refractivity contribution >= 4 is 29.2 Å². The van der Waals surface area contributed by atoms with E-state index in [4.69, 9.17) is 4.74 Å². The number of carbonyl (C=O) groups excluding carboxylic acids is 2. The Morgan fingerprint density at radius 3 is 2.78 bits per heavy atom. The Kier molecular flexibility index (Phi) is 5.39. The summed E-state index contributed by atoms with van der Waals surface area (Å²) in [5.41, 5.74) is 0.990. The molecule has 4 heterocycles. The molecule has 2 fully saturated rings. The van der Waals surface area contributed by atoms with Crippen molar-refractivity contribution in [2.75, 3.05) is 30.3 Å². The van der Waals surface area contributed by atoms with Crippen molar-refractivity contribution < 1.29 is 18.7 Å². The van der Waals surface area contributed by atoms with Gasteiger partial charge in [0.15, 0.2) is 5.82 Å². The number of urea groups is 1. The summed E-state index contributed by atoms with van der Waals surface area (Å²) >= 11 is 0. The maximum Gasteiger partial charge on any atom is 0.321 e. The van der Waals surface area contributed by atoms with Gasteiger partial charge in [-0.2, -0.15) is 0 Å². The number of anilines is 2. The standard InChI is InChI=1S/C21H22FN7O3/c22-15-6-5-13(24-21(31)28-7-1-2-8-28)10-14(15)16-12-29-20(25-16)23-11-18(27-29)26-19(30)17-4-3-9-32-17/h5-6,10-12,17H,1-4,7-9H2,(H,24,31)(H,26,27,30). The number of fused-ring (bicyclic) bond motifs is 1. The van der Waals surface area contributed by atoms with E-state index < -0.39 is 11.9 Å². The van der Waals surface area contributed by atoms with Gasteiger partial charge in [0.2, 0.25) is 0 Å². The Hall–Kier alpha value is -3.60. The molecule has 1 aromatic carbocycles. The van der Waals surface area contributed by atoms with Crippen LogP contribution in [0, 0.1) is 5.82 Å². The summed E-state index contributed by atoms with van der Waals surface area (Å²) in [5.74, 6) is -0.265. The molecule has 2 aromatic heterocycles. The summed E-state index contributed by atoms with van der Waals surface area (Å²) in [5, 5.41) is 9.78. The Bertz CT molecular complexity index is 1170. The van der Waals surface area contributed by atoms with E-state index in [1.165, 1.54) is 35.1 Å². The Balaban J connectivity index is 1.36. The zero-order chi connectivity index (χ0) is 22.1. The summed E-state index contributed by atoms with van der Waals surface area (Å²) in [7, 11) is 0. The number of carbonyl (C=O) groups is 2. The number of ether oxygens (including phenoxy) is 1. The predicted molar refractivity (Wildman–Crippen MR) is 114 cm³/mol. The molecule has 0 spiro atoms. The second-order valence-corrected chi connectivity index (χ2v) is 7.82. The van der Waals surface area contributed by atoms with Gasteiger partial charge < -0.3 is 20.3 Å². The molecular weight excluding hydrogens is 417 g/mol. The zero-order valence-corrected chi connectivity index (χ0v) is 17.3. The number of aromatic nitrogens is 4. The van der Waals surface area contributed by atoms with Crippen LogP contribution >= 0.6 is 0 Å². The average molecular weight is 439 g/mol. The van der Waals surface area contributed by atoms with Crippen LogP contribution in [0.1, 0.15) is 25.7 Å². The second kappa shape index (κ2) is 8.50. The SMILES string of the molecule is O=C(Nc1cnc2nc(-c3cc(NC(=O)N4CCCC4)ccc3F)cn2n1)C1CCCO1. The summed E-state index contributed by atoms with van der Waals surface area (Å²) in [6.07, 6.45) is 5.91. The molecular formula is C21H22FN7O3. The predicted octanol–water partition coefficient (Wildman–Crippen LogP) is 2.68. The molecule has 3 amide bonds. The van der Waals surface area contributed by atoms with Gasteiger partial charge >= 0.3 is 6.03 Å². The normalized spacial score (nSPS) is 18.3. The highest BCUT2D eigenvalue weighted by Gasteiger charge is 2.24. The third-order valence-electron chi connectivity index (χ3n) is 5.55. The van der Waals surface area contributed by atoms with Crippen LogP contribution in [0.2, 0.25) is 0 Å². The minimum absolute atomic E-state index is 0.204. The Labute approximate surface area is 182 Å². The van der Waals surface area contributed by atoms with E-state index >= 15 is 0 Å². The molecule has 2 aliphatic heterocycles. The molecule has 0 saturated carbocycles. The highest BCUT2D eigenvalue weighted by atomic mass is 19.1. The fourth-order valence-corrected chi connectivity index (χ4v) is 3.88. The molecule has 0 aliphatic carbocycles. The molecule has 2 saturated heterocycles. The van der Waals surface area contributed by atoms with Crippen molar-refractivity contribution in [3.8, 4) is 11.3 Å². The second-order valence-electron chi connectivity index (χ2n) is 7.82. The van der Waals surface area contributed by atoms with Gasteiger partial charge in [-0.1, -0.05) is 0 Å². The molecule has 10 nitrogen and oxygen atoms in total. The first kappa shape index (κ1) is 20.3. The fraction of sp³-hybridized carbons (Fsp3) is 0.381. The van der Waals surface area contributed by atoms with Crippen molar-refractivity contribution in [2.45, 2.75) is 31.8 Å². The minimum atomic E-state index is -0.488. The van der Waals surface area contributed by atoms with Gasteiger partial charge in [0, 0.05) is 30.9 Å². The van der Waals surface area contributed by atoms with Gasteiger partial charge in [-0.3, -0.25) is 4.79 Å². The van der Waals surface area contributed by atoms with E-state index in [2.05, 4.69) is 25.7 Å². The number of amides is 3. The molecule has 0 bridgehead atoms. The number of likely N-dealkylation sites (tertiary alicyclic amines) is 1. The van der Waals surface area contributed by atoms with Crippen molar-refractivity contribution in [2.24, 2.45) is 0 Å². The largest absolute Gasteiger partial charge is 0.368 e. The Morgan fingerprint density at radius 1 is 1.16 bits per heavy atom. The van der Waals surface area contributed by atoms with E-state index in [0.717, 1.165) is 32.4 Å². The number of halogens is 1. The first-order valence-electron chi connectivity index (χ1n) is 10.6. The van der Waals surface area contributed by atoms with Gasteiger partial charge in [-0.15, -0.1) is 5.10 Å². The number of hydrogen-bond donors (Lipinski definition) is 2. The van der Waals surface area contributed by atoms with Gasteiger partial charge in [0.25, 0.3) is 11.7 Å². The van der Waals surface area contributed by atoms with E-state index in [9.17, 15) is 14.0 Å². The van der Waals surface area contributed by atoms with Crippen molar-refractivity contribution in [3.63, 3.8) is 0 Å². The van der Waals surface area contributed by atoms with Crippen LogP contribution < -0.4 is 10.6 Å². The quantitative estimate of drug-likeness (QED) is 0.646. The van der Waals surface area contributed by atoms with Gasteiger partial charge in [0.1, 0.15) is 11.9 Å². The van der Waals surface area contributed by atoms with Crippen molar-refractivity contribution in [1.29, 1.82) is 0 Å². The summed E-state index contributed by atoms with van der Waals surface area (Å²) in [4.78, 5) is 34.8. The maximum absolute atomic E-state index is 14.6. The molecule has 2 N–H and O–H groups in total. The fourth-order valence-electron chi connectivity index (χ4n) is 3.88. The lowest BCUT2D eigenvalue weighted by molar-refractivity contribution is -0.124. The topological polar surface area (TPSA) is 114 Å². The molecule has 3 aromatic rings. The smallest absolute Gasteiger partial charge is 0.321 e. The van der Waals surface area contributed by atoms with Gasteiger partial charge in [-0.05, 0) is 43.9 Å². The maximum atomic E-state index is 14.6. The number of nitrogens with zero attached hydrogens (tertiary/aromatic N) is 5. The highest BCUT2D eigenvalue weighted by molar-refractivity contribution is 5.93. The number of imidazole rings is 1. The lowest BCUT2D eigenvalue weighted by Gasteiger charge is -2.16. The minimum Gasteiger partial charge on any atom is -0.368 e. The zero-order valence-electron chi connectivity index (χ0n) is 17.3. The lowest BCUT2D eigenvalue weighted by Crippen LogP contribution is -2.32. The molecule has 2 aliphatic rings. The van der Waals surface area contributed by atoms with E-state index in [1.54, 1.807) is 4.90 Å². The van der Waals surface area contributed by atoms with Crippen molar-refractivity contribution in [3.05, 3.63) is 36.4 Å². The number of rotatable bonds is 4. The third-order valence-corrected chi connectivity index (χ3v) is 5.55. The lowest BCUT2D eigenvalue weighted by atomic mass is 10.1. The summed E-state index contributed by atoms with van der Waals surface area (Å²) < 4.78 is 21.3. The number of nitrogens with one attached hydrogen (secondary N) is 2. The molecule has 5 rings (SSSR count). The summed E-state index contributed by atoms with van der Waals surface area (Å²) in [6, 6.07) is 4.13. The van der Waals surface area contributed by atoms with Gasteiger partial charge in [0.05, 0.1) is 18.1 Å². The molecule has 0 radical (unpaired) electrons. The average Bonchev–Trinajstić information content (AvgIpc) is 3.55.